The molecule has 1 aromatic heterocycles. The van der Waals surface area contributed by atoms with Crippen LogP contribution in [0, 0.1) is 0 Å². The van der Waals surface area contributed by atoms with Crippen molar-refractivity contribution in [2.75, 3.05) is 6.26 Å². The van der Waals surface area contributed by atoms with E-state index in [1.807, 2.05) is 18.1 Å². The van der Waals surface area contributed by atoms with E-state index in [1.54, 1.807) is 0 Å². The molecule has 2 unspecified atom stereocenters. The Labute approximate surface area is 99.6 Å². The normalized spacial score (nSPS) is 26.8. The molecule has 0 amide bonds. The second kappa shape index (κ2) is 5.21. The van der Waals surface area contributed by atoms with Gasteiger partial charge in [0, 0.05) is 11.3 Å². The average molecular weight is 246 g/mol. The van der Waals surface area contributed by atoms with Gasteiger partial charge in [0.05, 0.1) is 5.88 Å². The van der Waals surface area contributed by atoms with Gasteiger partial charge >= 0.3 is 0 Å². The molecule has 84 valence electrons. The minimum absolute atomic E-state index is 0.459. The number of aromatic nitrogens is 3. The number of halogens is 1. The predicted octanol–water partition coefficient (Wildman–Crippen LogP) is 2.86. The van der Waals surface area contributed by atoms with Gasteiger partial charge in [-0.3, -0.25) is 0 Å². The number of thioether (sulfide) groups is 1. The van der Waals surface area contributed by atoms with Crippen LogP contribution in [0.1, 0.15) is 37.5 Å². The van der Waals surface area contributed by atoms with Gasteiger partial charge in [-0.2, -0.15) is 11.8 Å². The molecule has 5 heteroatoms. The van der Waals surface area contributed by atoms with Crippen LogP contribution in [-0.4, -0.2) is 26.3 Å². The molecule has 0 radical (unpaired) electrons. The highest BCUT2D eigenvalue weighted by atomic mass is 35.5. The highest BCUT2D eigenvalue weighted by Gasteiger charge is 2.23. The molecule has 1 aromatic rings. The summed E-state index contributed by atoms with van der Waals surface area (Å²) in [5.74, 6) is 1.36. The van der Waals surface area contributed by atoms with Crippen molar-refractivity contribution in [3.8, 4) is 0 Å². The molecule has 1 fully saturated rings. The fourth-order valence-electron chi connectivity index (χ4n) is 2.25. The van der Waals surface area contributed by atoms with E-state index < -0.39 is 0 Å². The van der Waals surface area contributed by atoms with Gasteiger partial charge in [-0.1, -0.05) is 6.42 Å². The highest BCUT2D eigenvalue weighted by molar-refractivity contribution is 7.99. The van der Waals surface area contributed by atoms with Crippen LogP contribution in [0.25, 0.3) is 0 Å². The summed E-state index contributed by atoms with van der Waals surface area (Å²) < 4.78 is 2.16. The average Bonchev–Trinajstić information content (AvgIpc) is 2.77. The summed E-state index contributed by atoms with van der Waals surface area (Å²) >= 11 is 7.81. The summed E-state index contributed by atoms with van der Waals surface area (Å²) in [5, 5.41) is 8.76. The third-order valence-corrected chi connectivity index (χ3v) is 4.43. The molecule has 1 aliphatic carbocycles. The second-order valence-electron chi connectivity index (χ2n) is 3.97. The van der Waals surface area contributed by atoms with Crippen molar-refractivity contribution in [2.45, 2.75) is 42.9 Å². The van der Waals surface area contributed by atoms with Crippen LogP contribution in [0.15, 0.2) is 6.33 Å². The Morgan fingerprint density at radius 3 is 3.20 bits per heavy atom. The molecule has 2 atom stereocenters. The largest absolute Gasteiger partial charge is 0.313 e. The Morgan fingerprint density at radius 1 is 1.60 bits per heavy atom. The van der Waals surface area contributed by atoms with Crippen LogP contribution in [0.2, 0.25) is 0 Å². The van der Waals surface area contributed by atoms with Gasteiger partial charge in [-0.15, -0.1) is 21.8 Å². The van der Waals surface area contributed by atoms with E-state index in [9.17, 15) is 0 Å². The first-order valence-electron chi connectivity index (χ1n) is 5.32. The first-order chi connectivity index (χ1) is 7.35. The van der Waals surface area contributed by atoms with Crippen molar-refractivity contribution in [3.63, 3.8) is 0 Å². The number of hydrogen-bond acceptors (Lipinski definition) is 3. The summed E-state index contributed by atoms with van der Waals surface area (Å²) in [6.07, 6.45) is 9.13. The number of rotatable bonds is 3. The van der Waals surface area contributed by atoms with Gasteiger partial charge in [0.15, 0.2) is 0 Å². The van der Waals surface area contributed by atoms with E-state index in [1.165, 1.54) is 25.7 Å². The van der Waals surface area contributed by atoms with Gasteiger partial charge in [-0.05, 0) is 25.5 Å². The summed E-state index contributed by atoms with van der Waals surface area (Å²) in [6, 6.07) is 0.556. The Morgan fingerprint density at radius 2 is 2.47 bits per heavy atom. The van der Waals surface area contributed by atoms with Crippen LogP contribution in [-0.2, 0) is 5.88 Å². The van der Waals surface area contributed by atoms with Gasteiger partial charge < -0.3 is 4.57 Å². The molecule has 2 rings (SSSR count). The lowest BCUT2D eigenvalue weighted by Gasteiger charge is -2.29. The zero-order valence-electron chi connectivity index (χ0n) is 8.90. The maximum Gasteiger partial charge on any atom is 0.148 e. The van der Waals surface area contributed by atoms with E-state index in [2.05, 4.69) is 21.0 Å². The third-order valence-electron chi connectivity index (χ3n) is 3.09. The van der Waals surface area contributed by atoms with Crippen LogP contribution in [0.5, 0.6) is 0 Å². The predicted molar refractivity (Wildman–Crippen MR) is 64.4 cm³/mol. The standard InChI is InChI=1S/C10H16ClN3S/c1-15-9-4-2-3-8(5-9)14-7-12-13-10(14)6-11/h7-9H,2-6H2,1H3. The molecule has 0 aliphatic heterocycles. The van der Waals surface area contributed by atoms with Gasteiger partial charge in [0.1, 0.15) is 12.2 Å². The molecular weight excluding hydrogens is 230 g/mol. The van der Waals surface area contributed by atoms with Crippen molar-refractivity contribution < 1.29 is 0 Å². The first-order valence-corrected chi connectivity index (χ1v) is 7.14. The number of alkyl halides is 1. The lowest BCUT2D eigenvalue weighted by molar-refractivity contribution is 0.354. The fourth-order valence-corrected chi connectivity index (χ4v) is 3.26. The summed E-state index contributed by atoms with van der Waals surface area (Å²) in [6.45, 7) is 0. The van der Waals surface area contributed by atoms with Crippen molar-refractivity contribution in [2.24, 2.45) is 0 Å². The van der Waals surface area contributed by atoms with E-state index in [0.29, 0.717) is 11.9 Å². The SMILES string of the molecule is CSC1CCCC(n2cnnc2CCl)C1. The third kappa shape index (κ3) is 2.48. The molecule has 1 saturated carbocycles. The molecule has 0 spiro atoms. The Kier molecular flexibility index (Phi) is 3.92. The minimum Gasteiger partial charge on any atom is -0.313 e. The van der Waals surface area contributed by atoms with Gasteiger partial charge in [-0.25, -0.2) is 0 Å². The summed E-state index contributed by atoms with van der Waals surface area (Å²) in [7, 11) is 0. The molecule has 0 bridgehead atoms. The van der Waals surface area contributed by atoms with Crippen molar-refractivity contribution >= 4 is 23.4 Å². The van der Waals surface area contributed by atoms with Crippen LogP contribution in [0.3, 0.4) is 0 Å². The van der Waals surface area contributed by atoms with Crippen molar-refractivity contribution in [1.82, 2.24) is 14.8 Å². The first kappa shape index (κ1) is 11.3. The monoisotopic (exact) mass is 245 g/mol. The molecule has 15 heavy (non-hydrogen) atoms. The van der Waals surface area contributed by atoms with E-state index in [4.69, 9.17) is 11.6 Å². The molecule has 0 saturated heterocycles. The fraction of sp³-hybridized carbons (Fsp3) is 0.800. The molecule has 3 nitrogen and oxygen atoms in total. The molecular formula is C10H16ClN3S. The molecule has 0 N–H and O–H groups in total. The van der Waals surface area contributed by atoms with Gasteiger partial charge in [0.2, 0.25) is 0 Å². The molecule has 1 aliphatic rings. The van der Waals surface area contributed by atoms with Crippen LogP contribution >= 0.6 is 23.4 Å². The second-order valence-corrected chi connectivity index (χ2v) is 5.37. The maximum atomic E-state index is 5.83. The maximum absolute atomic E-state index is 5.83. The number of hydrogen-bond donors (Lipinski definition) is 0. The van der Waals surface area contributed by atoms with Gasteiger partial charge in [0.25, 0.3) is 0 Å². The zero-order valence-corrected chi connectivity index (χ0v) is 10.5. The quantitative estimate of drug-likeness (QED) is 0.768. The van der Waals surface area contributed by atoms with Crippen LogP contribution in [0.4, 0.5) is 0 Å². The highest BCUT2D eigenvalue weighted by Crippen LogP contribution is 2.34. The zero-order chi connectivity index (χ0) is 10.7. The van der Waals surface area contributed by atoms with E-state index in [-0.39, 0.29) is 0 Å². The Balaban J connectivity index is 2.09. The lowest BCUT2D eigenvalue weighted by atomic mass is 9.95. The molecule has 0 aromatic carbocycles. The molecule has 1 heterocycles. The van der Waals surface area contributed by atoms with E-state index in [0.717, 1.165) is 11.1 Å². The minimum atomic E-state index is 0.459. The lowest BCUT2D eigenvalue weighted by Crippen LogP contribution is -2.21. The smallest absolute Gasteiger partial charge is 0.148 e. The topological polar surface area (TPSA) is 30.7 Å². The van der Waals surface area contributed by atoms with Crippen LogP contribution < -0.4 is 0 Å². The number of nitrogens with zero attached hydrogens (tertiary/aromatic N) is 3. The van der Waals surface area contributed by atoms with E-state index >= 15 is 0 Å². The summed E-state index contributed by atoms with van der Waals surface area (Å²) in [4.78, 5) is 0. The van der Waals surface area contributed by atoms with Crippen molar-refractivity contribution in [3.05, 3.63) is 12.2 Å². The van der Waals surface area contributed by atoms with Crippen molar-refractivity contribution in [1.29, 1.82) is 0 Å². The summed E-state index contributed by atoms with van der Waals surface area (Å²) in [5.41, 5.74) is 0. The Bertz CT molecular complexity index is 315. The Hall–Kier alpha value is -0.220.